The number of dihydropyridines is 1. The van der Waals surface area contributed by atoms with E-state index < -0.39 is 0 Å². The van der Waals surface area contributed by atoms with E-state index in [9.17, 15) is 0 Å². The minimum absolute atomic E-state index is 0.853. The van der Waals surface area contributed by atoms with Crippen LogP contribution in [0.5, 0.6) is 0 Å². The Morgan fingerprint density at radius 3 is 2.81 bits per heavy atom. The molecule has 2 heterocycles. The van der Waals surface area contributed by atoms with Crippen LogP contribution in [0.25, 0.3) is 0 Å². The predicted molar refractivity (Wildman–Crippen MR) is 90.4 cm³/mol. The van der Waals surface area contributed by atoms with Crippen LogP contribution in [0.15, 0.2) is 23.9 Å². The topological polar surface area (TPSA) is 48.1 Å². The van der Waals surface area contributed by atoms with Crippen LogP contribution in [0.3, 0.4) is 0 Å². The molecule has 1 atom stereocenters. The SMILES string of the molecule is C1=CC(CNCCCCCNCC2CCCNC2)=CNC1. The van der Waals surface area contributed by atoms with Crippen LogP contribution < -0.4 is 21.3 Å². The fraction of sp³-hybridized carbons (Fsp3) is 0.765. The third-order valence-corrected chi connectivity index (χ3v) is 4.22. The van der Waals surface area contributed by atoms with Crippen molar-refractivity contribution in [3.63, 3.8) is 0 Å². The Hall–Kier alpha value is -0.840. The summed E-state index contributed by atoms with van der Waals surface area (Å²) in [6.07, 6.45) is 13.1. The highest BCUT2D eigenvalue weighted by molar-refractivity contribution is 5.22. The lowest BCUT2D eigenvalue weighted by atomic mass is 10.00. The quantitative estimate of drug-likeness (QED) is 0.460. The van der Waals surface area contributed by atoms with Crippen molar-refractivity contribution in [1.29, 1.82) is 0 Å². The molecule has 4 heteroatoms. The van der Waals surface area contributed by atoms with E-state index in [1.165, 1.54) is 63.9 Å². The average molecular weight is 292 g/mol. The van der Waals surface area contributed by atoms with Gasteiger partial charge in [0.25, 0.3) is 0 Å². The normalized spacial score (nSPS) is 21.9. The van der Waals surface area contributed by atoms with Gasteiger partial charge in [-0.05, 0) is 69.9 Å². The van der Waals surface area contributed by atoms with E-state index >= 15 is 0 Å². The second-order valence-electron chi connectivity index (χ2n) is 6.18. The van der Waals surface area contributed by atoms with Crippen LogP contribution in [-0.2, 0) is 0 Å². The van der Waals surface area contributed by atoms with E-state index in [1.54, 1.807) is 0 Å². The summed E-state index contributed by atoms with van der Waals surface area (Å²) in [5.74, 6) is 0.853. The molecule has 120 valence electrons. The first kappa shape index (κ1) is 16.5. The number of rotatable bonds is 10. The number of hydrogen-bond acceptors (Lipinski definition) is 4. The molecule has 0 amide bonds. The standard InChI is InChI=1S/C17H32N4/c1(2-8-18-12-16-6-4-10-20-14-16)3-9-19-13-17-7-5-11-21-15-17/h4,6,14,17-21H,1-3,5,7-13,15H2. The largest absolute Gasteiger partial charge is 0.387 e. The summed E-state index contributed by atoms with van der Waals surface area (Å²) in [4.78, 5) is 0. The van der Waals surface area contributed by atoms with E-state index in [0.717, 1.165) is 25.6 Å². The first-order valence-electron chi connectivity index (χ1n) is 8.66. The highest BCUT2D eigenvalue weighted by Gasteiger charge is 2.11. The van der Waals surface area contributed by atoms with Crippen molar-refractivity contribution in [1.82, 2.24) is 21.3 Å². The van der Waals surface area contributed by atoms with Gasteiger partial charge in [0.05, 0.1) is 0 Å². The van der Waals surface area contributed by atoms with Gasteiger partial charge in [-0.15, -0.1) is 0 Å². The third kappa shape index (κ3) is 7.65. The molecule has 1 fully saturated rings. The van der Waals surface area contributed by atoms with Crippen LogP contribution in [0, 0.1) is 5.92 Å². The Morgan fingerprint density at radius 2 is 2.05 bits per heavy atom. The molecule has 0 aromatic carbocycles. The van der Waals surface area contributed by atoms with Crippen LogP contribution in [0.2, 0.25) is 0 Å². The zero-order valence-electron chi connectivity index (χ0n) is 13.3. The highest BCUT2D eigenvalue weighted by atomic mass is 14.9. The summed E-state index contributed by atoms with van der Waals surface area (Å²) in [5, 5.41) is 13.8. The number of piperidine rings is 1. The molecule has 0 bridgehead atoms. The van der Waals surface area contributed by atoms with Gasteiger partial charge in [0.1, 0.15) is 0 Å². The molecular weight excluding hydrogens is 260 g/mol. The number of unbranched alkanes of at least 4 members (excludes halogenated alkanes) is 2. The molecule has 0 saturated carbocycles. The van der Waals surface area contributed by atoms with Crippen LogP contribution in [0.4, 0.5) is 0 Å². The lowest BCUT2D eigenvalue weighted by Crippen LogP contribution is -2.36. The maximum absolute atomic E-state index is 3.61. The predicted octanol–water partition coefficient (Wildman–Crippen LogP) is 1.38. The Bertz CT molecular complexity index is 319. The van der Waals surface area contributed by atoms with Gasteiger partial charge >= 0.3 is 0 Å². The Labute approximate surface area is 129 Å². The molecule has 1 saturated heterocycles. The molecule has 21 heavy (non-hydrogen) atoms. The lowest BCUT2D eigenvalue weighted by molar-refractivity contribution is 0.359. The molecule has 0 spiro atoms. The Balaban J connectivity index is 1.33. The molecule has 0 aromatic heterocycles. The second kappa shape index (κ2) is 10.8. The van der Waals surface area contributed by atoms with Crippen LogP contribution >= 0.6 is 0 Å². The summed E-state index contributed by atoms with van der Waals surface area (Å²) in [7, 11) is 0. The Kier molecular flexibility index (Phi) is 8.52. The van der Waals surface area contributed by atoms with Gasteiger partial charge in [-0.3, -0.25) is 0 Å². The maximum atomic E-state index is 3.61. The Morgan fingerprint density at radius 1 is 1.14 bits per heavy atom. The molecule has 2 aliphatic rings. The van der Waals surface area contributed by atoms with Crippen molar-refractivity contribution >= 4 is 0 Å². The van der Waals surface area contributed by atoms with E-state index in [4.69, 9.17) is 0 Å². The summed E-state index contributed by atoms with van der Waals surface area (Å²) < 4.78 is 0. The van der Waals surface area contributed by atoms with Gasteiger partial charge < -0.3 is 21.3 Å². The van der Waals surface area contributed by atoms with E-state index in [0.29, 0.717) is 0 Å². The summed E-state index contributed by atoms with van der Waals surface area (Å²) in [6.45, 7) is 7.86. The molecular formula is C17H32N4. The zero-order chi connectivity index (χ0) is 14.6. The molecule has 0 aromatic rings. The minimum Gasteiger partial charge on any atom is -0.387 e. The van der Waals surface area contributed by atoms with E-state index in [1.807, 2.05) is 0 Å². The average Bonchev–Trinajstić information content (AvgIpc) is 2.55. The fourth-order valence-electron chi connectivity index (χ4n) is 2.94. The molecule has 2 aliphatic heterocycles. The molecule has 0 radical (unpaired) electrons. The van der Waals surface area contributed by atoms with Crippen LogP contribution in [-0.4, -0.2) is 45.8 Å². The van der Waals surface area contributed by atoms with Gasteiger partial charge in [-0.1, -0.05) is 18.6 Å². The summed E-state index contributed by atoms with van der Waals surface area (Å²) in [5.41, 5.74) is 1.35. The number of nitrogens with one attached hydrogen (secondary N) is 4. The van der Waals surface area contributed by atoms with Gasteiger partial charge in [0, 0.05) is 19.3 Å². The summed E-state index contributed by atoms with van der Waals surface area (Å²) >= 11 is 0. The van der Waals surface area contributed by atoms with Gasteiger partial charge in [0.15, 0.2) is 0 Å². The molecule has 1 unspecified atom stereocenters. The first-order chi connectivity index (χ1) is 10.4. The van der Waals surface area contributed by atoms with Gasteiger partial charge in [0.2, 0.25) is 0 Å². The van der Waals surface area contributed by atoms with E-state index in [-0.39, 0.29) is 0 Å². The molecule has 4 N–H and O–H groups in total. The van der Waals surface area contributed by atoms with Crippen molar-refractivity contribution in [3.05, 3.63) is 23.9 Å². The first-order valence-corrected chi connectivity index (χ1v) is 8.66. The minimum atomic E-state index is 0.853. The fourth-order valence-corrected chi connectivity index (χ4v) is 2.94. The van der Waals surface area contributed by atoms with Gasteiger partial charge in [-0.2, -0.15) is 0 Å². The lowest BCUT2D eigenvalue weighted by Gasteiger charge is -2.22. The van der Waals surface area contributed by atoms with Crippen molar-refractivity contribution in [2.45, 2.75) is 32.1 Å². The van der Waals surface area contributed by atoms with Gasteiger partial charge in [-0.25, -0.2) is 0 Å². The van der Waals surface area contributed by atoms with E-state index in [2.05, 4.69) is 39.6 Å². The smallest absolute Gasteiger partial charge is 0.0328 e. The zero-order valence-corrected chi connectivity index (χ0v) is 13.3. The van der Waals surface area contributed by atoms with Crippen molar-refractivity contribution in [3.8, 4) is 0 Å². The third-order valence-electron chi connectivity index (χ3n) is 4.22. The second-order valence-corrected chi connectivity index (χ2v) is 6.18. The van der Waals surface area contributed by atoms with Crippen molar-refractivity contribution in [2.24, 2.45) is 5.92 Å². The molecule has 4 nitrogen and oxygen atoms in total. The maximum Gasteiger partial charge on any atom is 0.0328 e. The van der Waals surface area contributed by atoms with Crippen molar-refractivity contribution in [2.75, 3.05) is 45.8 Å². The van der Waals surface area contributed by atoms with Crippen molar-refractivity contribution < 1.29 is 0 Å². The summed E-state index contributed by atoms with van der Waals surface area (Å²) in [6, 6.07) is 0. The number of hydrogen-bond donors (Lipinski definition) is 4. The highest BCUT2D eigenvalue weighted by Crippen LogP contribution is 2.08. The monoisotopic (exact) mass is 292 g/mol. The molecule has 2 rings (SSSR count). The molecule has 0 aliphatic carbocycles. The van der Waals surface area contributed by atoms with Crippen LogP contribution in [0.1, 0.15) is 32.1 Å².